The van der Waals surface area contributed by atoms with Crippen LogP contribution in [0.2, 0.25) is 0 Å². The molecule has 1 aliphatic heterocycles. The number of amides is 1. The number of carbonyl (C=O) groups is 1. The van der Waals surface area contributed by atoms with Crippen LogP contribution in [0.25, 0.3) is 0 Å². The van der Waals surface area contributed by atoms with E-state index in [0.29, 0.717) is 12.5 Å². The van der Waals surface area contributed by atoms with Crippen molar-refractivity contribution in [3.05, 3.63) is 0 Å². The summed E-state index contributed by atoms with van der Waals surface area (Å²) in [5.74, 6) is 0.345. The molecule has 0 aromatic carbocycles. The van der Waals surface area contributed by atoms with Gasteiger partial charge in [0.15, 0.2) is 5.96 Å². The highest BCUT2D eigenvalue weighted by molar-refractivity contribution is 6.02. The monoisotopic (exact) mass is 127 g/mol. The topological polar surface area (TPSA) is 58.7 Å². The Morgan fingerprint density at radius 3 is 2.78 bits per heavy atom. The van der Waals surface area contributed by atoms with Crippen LogP contribution >= 0.6 is 0 Å². The Hall–Kier alpha value is -1.06. The molecule has 1 rings (SSSR count). The van der Waals surface area contributed by atoms with Gasteiger partial charge in [-0.15, -0.1) is 0 Å². The summed E-state index contributed by atoms with van der Waals surface area (Å²) in [5, 5.41) is 0. The van der Waals surface area contributed by atoms with E-state index < -0.39 is 0 Å². The van der Waals surface area contributed by atoms with Gasteiger partial charge in [0, 0.05) is 6.54 Å². The third-order valence-electron chi connectivity index (χ3n) is 1.27. The minimum absolute atomic E-state index is 0.00463. The van der Waals surface area contributed by atoms with E-state index in [1.807, 2.05) is 6.92 Å². The van der Waals surface area contributed by atoms with Crippen LogP contribution in [0.15, 0.2) is 4.99 Å². The van der Waals surface area contributed by atoms with Crippen LogP contribution in [0.1, 0.15) is 6.92 Å². The van der Waals surface area contributed by atoms with Crippen molar-refractivity contribution in [3.63, 3.8) is 0 Å². The van der Waals surface area contributed by atoms with Crippen LogP contribution in [0.5, 0.6) is 0 Å². The van der Waals surface area contributed by atoms with E-state index >= 15 is 0 Å². The SMILES string of the molecule is CCN1C(=O)CN=C1N. The predicted molar refractivity (Wildman–Crippen MR) is 33.9 cm³/mol. The average molecular weight is 127 g/mol. The lowest BCUT2D eigenvalue weighted by atomic mass is 10.5. The Balaban J connectivity index is 2.67. The van der Waals surface area contributed by atoms with Crippen LogP contribution in [0.3, 0.4) is 0 Å². The number of rotatable bonds is 1. The fraction of sp³-hybridized carbons (Fsp3) is 0.600. The summed E-state index contributed by atoms with van der Waals surface area (Å²) in [6, 6.07) is 0. The van der Waals surface area contributed by atoms with Gasteiger partial charge in [-0.3, -0.25) is 9.69 Å². The third-order valence-corrected chi connectivity index (χ3v) is 1.27. The summed E-state index contributed by atoms with van der Waals surface area (Å²) in [7, 11) is 0. The minimum Gasteiger partial charge on any atom is -0.369 e. The molecule has 50 valence electrons. The van der Waals surface area contributed by atoms with Crippen molar-refractivity contribution in [2.45, 2.75) is 6.92 Å². The first-order valence-corrected chi connectivity index (χ1v) is 2.86. The second-order valence-electron chi connectivity index (χ2n) is 1.81. The Morgan fingerprint density at radius 1 is 1.89 bits per heavy atom. The molecule has 0 saturated heterocycles. The predicted octanol–water partition coefficient (Wildman–Crippen LogP) is -0.837. The second kappa shape index (κ2) is 2.05. The smallest absolute Gasteiger partial charge is 0.251 e. The highest BCUT2D eigenvalue weighted by Gasteiger charge is 2.20. The number of hydrogen-bond donors (Lipinski definition) is 1. The third kappa shape index (κ3) is 0.872. The van der Waals surface area contributed by atoms with E-state index in [4.69, 9.17) is 5.73 Å². The van der Waals surface area contributed by atoms with Gasteiger partial charge in [0.2, 0.25) is 0 Å². The van der Waals surface area contributed by atoms with E-state index in [2.05, 4.69) is 4.99 Å². The van der Waals surface area contributed by atoms with Gasteiger partial charge in [-0.2, -0.15) is 0 Å². The molecule has 0 aromatic heterocycles. The molecule has 1 amide bonds. The Labute approximate surface area is 53.3 Å². The van der Waals surface area contributed by atoms with Crippen molar-refractivity contribution >= 4 is 11.9 Å². The molecular formula is C5H9N3O. The highest BCUT2D eigenvalue weighted by Crippen LogP contribution is 1.97. The zero-order valence-electron chi connectivity index (χ0n) is 5.29. The average Bonchev–Trinajstić information content (AvgIpc) is 2.12. The molecule has 0 aliphatic carbocycles. The Bertz CT molecular complexity index is 164. The van der Waals surface area contributed by atoms with Crippen LogP contribution in [0.4, 0.5) is 0 Å². The van der Waals surface area contributed by atoms with Crippen molar-refractivity contribution in [3.8, 4) is 0 Å². The first-order valence-electron chi connectivity index (χ1n) is 2.86. The lowest BCUT2D eigenvalue weighted by Gasteiger charge is -2.10. The molecule has 1 heterocycles. The molecular weight excluding hydrogens is 118 g/mol. The summed E-state index contributed by atoms with van der Waals surface area (Å²) < 4.78 is 0. The van der Waals surface area contributed by atoms with Gasteiger partial charge >= 0.3 is 0 Å². The van der Waals surface area contributed by atoms with E-state index in [9.17, 15) is 4.79 Å². The van der Waals surface area contributed by atoms with Crippen molar-refractivity contribution in [2.75, 3.05) is 13.1 Å². The number of guanidine groups is 1. The zero-order chi connectivity index (χ0) is 6.85. The first-order chi connectivity index (χ1) is 4.25. The van der Waals surface area contributed by atoms with Gasteiger partial charge in [-0.25, -0.2) is 4.99 Å². The van der Waals surface area contributed by atoms with E-state index in [1.165, 1.54) is 4.90 Å². The zero-order valence-corrected chi connectivity index (χ0v) is 5.29. The second-order valence-corrected chi connectivity index (χ2v) is 1.81. The van der Waals surface area contributed by atoms with Crippen molar-refractivity contribution < 1.29 is 4.79 Å². The van der Waals surface area contributed by atoms with Crippen molar-refractivity contribution in [2.24, 2.45) is 10.7 Å². The number of nitrogens with two attached hydrogens (primary N) is 1. The molecule has 4 heteroatoms. The summed E-state index contributed by atoms with van der Waals surface area (Å²) >= 11 is 0. The van der Waals surface area contributed by atoms with E-state index in [-0.39, 0.29) is 12.5 Å². The molecule has 0 bridgehead atoms. The van der Waals surface area contributed by atoms with Gasteiger partial charge in [0.1, 0.15) is 6.54 Å². The molecule has 0 aromatic rings. The summed E-state index contributed by atoms with van der Waals surface area (Å²) in [6.07, 6.45) is 0. The maximum Gasteiger partial charge on any atom is 0.251 e. The summed E-state index contributed by atoms with van der Waals surface area (Å²) in [4.78, 5) is 15.9. The molecule has 1 aliphatic rings. The summed E-state index contributed by atoms with van der Waals surface area (Å²) in [5.41, 5.74) is 5.34. The first kappa shape index (κ1) is 6.07. The van der Waals surface area contributed by atoms with Gasteiger partial charge in [-0.05, 0) is 6.92 Å². The molecule has 0 radical (unpaired) electrons. The van der Waals surface area contributed by atoms with E-state index in [0.717, 1.165) is 0 Å². The molecule has 2 N–H and O–H groups in total. The lowest BCUT2D eigenvalue weighted by molar-refractivity contribution is -0.124. The highest BCUT2D eigenvalue weighted by atomic mass is 16.2. The maximum absolute atomic E-state index is 10.7. The quantitative estimate of drug-likeness (QED) is 0.499. The molecule has 0 saturated carbocycles. The summed E-state index contributed by atoms with van der Waals surface area (Å²) in [6.45, 7) is 2.71. The number of aliphatic imine (C=N–C) groups is 1. The van der Waals surface area contributed by atoms with E-state index in [1.54, 1.807) is 0 Å². The molecule has 0 fully saturated rings. The maximum atomic E-state index is 10.7. The molecule has 4 nitrogen and oxygen atoms in total. The Kier molecular flexibility index (Phi) is 1.38. The van der Waals surface area contributed by atoms with Crippen LogP contribution < -0.4 is 5.73 Å². The molecule has 9 heavy (non-hydrogen) atoms. The number of hydrogen-bond acceptors (Lipinski definition) is 3. The van der Waals surface area contributed by atoms with Gasteiger partial charge < -0.3 is 5.73 Å². The fourth-order valence-electron chi connectivity index (χ4n) is 0.785. The Morgan fingerprint density at radius 2 is 2.56 bits per heavy atom. The fourth-order valence-corrected chi connectivity index (χ4v) is 0.785. The van der Waals surface area contributed by atoms with Gasteiger partial charge in [0.25, 0.3) is 5.91 Å². The van der Waals surface area contributed by atoms with Crippen LogP contribution in [-0.2, 0) is 4.79 Å². The normalized spacial score (nSPS) is 18.6. The van der Waals surface area contributed by atoms with Crippen molar-refractivity contribution in [1.29, 1.82) is 0 Å². The molecule has 0 spiro atoms. The molecule has 0 unspecified atom stereocenters. The minimum atomic E-state index is -0.00463. The number of likely N-dealkylation sites (N-methyl/N-ethyl adjacent to an activating group) is 1. The molecule has 0 atom stereocenters. The van der Waals surface area contributed by atoms with Crippen molar-refractivity contribution in [1.82, 2.24) is 4.90 Å². The standard InChI is InChI=1S/C5H9N3O/c1-2-8-4(9)3-7-5(8)6/h2-3H2,1H3,(H2,6,7). The van der Waals surface area contributed by atoms with Crippen LogP contribution in [0, 0.1) is 0 Å². The number of nitrogens with zero attached hydrogens (tertiary/aromatic N) is 2. The lowest BCUT2D eigenvalue weighted by Crippen LogP contribution is -2.37. The van der Waals surface area contributed by atoms with Gasteiger partial charge in [-0.1, -0.05) is 0 Å². The largest absolute Gasteiger partial charge is 0.369 e. The number of carbonyl (C=O) groups excluding carboxylic acids is 1. The van der Waals surface area contributed by atoms with Crippen LogP contribution in [-0.4, -0.2) is 29.9 Å². The van der Waals surface area contributed by atoms with Gasteiger partial charge in [0.05, 0.1) is 0 Å².